The van der Waals surface area contributed by atoms with Crippen molar-refractivity contribution in [3.05, 3.63) is 0 Å². The van der Waals surface area contributed by atoms with E-state index in [-0.39, 0.29) is 51.0 Å². The van der Waals surface area contributed by atoms with Gasteiger partial charge in [-0.25, -0.2) is 0 Å². The van der Waals surface area contributed by atoms with Crippen molar-refractivity contribution in [2.75, 3.05) is 13.2 Å². The SMILES string of the molecule is OCCCCCCO.[CaH2]. The second-order valence-corrected chi connectivity index (χ2v) is 1.86. The first-order valence-corrected chi connectivity index (χ1v) is 3.13. The summed E-state index contributed by atoms with van der Waals surface area (Å²) in [4.78, 5) is 0. The van der Waals surface area contributed by atoms with E-state index in [4.69, 9.17) is 10.2 Å². The van der Waals surface area contributed by atoms with Gasteiger partial charge in [0.2, 0.25) is 0 Å². The molecule has 0 unspecified atom stereocenters. The molecular formula is C6H16CaO2. The van der Waals surface area contributed by atoms with Gasteiger partial charge in [-0.1, -0.05) is 12.8 Å². The molecule has 0 amide bonds. The van der Waals surface area contributed by atoms with Crippen LogP contribution in [0.25, 0.3) is 0 Å². The predicted molar refractivity (Wildman–Crippen MR) is 41.2 cm³/mol. The first kappa shape index (κ1) is 12.8. The number of aliphatic hydroxyl groups excluding tert-OH is 2. The van der Waals surface area contributed by atoms with E-state index in [0.717, 1.165) is 25.7 Å². The molecule has 0 aliphatic carbocycles. The molecule has 0 aromatic carbocycles. The fourth-order valence-corrected chi connectivity index (χ4v) is 0.577. The van der Waals surface area contributed by atoms with E-state index in [1.807, 2.05) is 0 Å². The summed E-state index contributed by atoms with van der Waals surface area (Å²) in [5, 5.41) is 16.6. The van der Waals surface area contributed by atoms with Gasteiger partial charge in [-0.3, -0.25) is 0 Å². The Morgan fingerprint density at radius 3 is 1.22 bits per heavy atom. The van der Waals surface area contributed by atoms with Crippen LogP contribution in [-0.2, 0) is 0 Å². The standard InChI is InChI=1S/C6H14O2.Ca.2H/c7-5-3-1-2-4-6-8;;;/h7-8H,1-6H2;;;. The number of rotatable bonds is 5. The van der Waals surface area contributed by atoms with Crippen LogP contribution in [0.4, 0.5) is 0 Å². The molecule has 0 radical (unpaired) electrons. The molecule has 3 heteroatoms. The molecule has 0 saturated heterocycles. The summed E-state index contributed by atoms with van der Waals surface area (Å²) in [7, 11) is 0. The third-order valence-electron chi connectivity index (χ3n) is 1.07. The Balaban J connectivity index is 0. The first-order chi connectivity index (χ1) is 3.91. The van der Waals surface area contributed by atoms with Crippen LogP contribution in [0.5, 0.6) is 0 Å². The van der Waals surface area contributed by atoms with Crippen molar-refractivity contribution in [3.63, 3.8) is 0 Å². The molecule has 0 heterocycles. The fourth-order valence-electron chi connectivity index (χ4n) is 0.577. The van der Waals surface area contributed by atoms with Crippen molar-refractivity contribution < 1.29 is 10.2 Å². The Bertz CT molecular complexity index is 36.0. The summed E-state index contributed by atoms with van der Waals surface area (Å²) in [6.45, 7) is 0.566. The van der Waals surface area contributed by atoms with Crippen molar-refractivity contribution >= 4 is 37.7 Å². The van der Waals surface area contributed by atoms with Gasteiger partial charge in [0.05, 0.1) is 0 Å². The van der Waals surface area contributed by atoms with Crippen LogP contribution in [0, 0.1) is 0 Å². The molecule has 0 bridgehead atoms. The molecule has 0 atom stereocenters. The van der Waals surface area contributed by atoms with Gasteiger partial charge in [0.1, 0.15) is 0 Å². The number of unbranched alkanes of at least 4 members (excludes halogenated alkanes) is 3. The molecule has 0 fully saturated rings. The van der Waals surface area contributed by atoms with Gasteiger partial charge in [-0.2, -0.15) is 0 Å². The van der Waals surface area contributed by atoms with Gasteiger partial charge in [-0.15, -0.1) is 0 Å². The van der Waals surface area contributed by atoms with E-state index in [2.05, 4.69) is 0 Å². The third kappa shape index (κ3) is 12.4. The monoisotopic (exact) mass is 160 g/mol. The maximum absolute atomic E-state index is 8.30. The fraction of sp³-hybridized carbons (Fsp3) is 1.00. The predicted octanol–water partition coefficient (Wildman–Crippen LogP) is -0.385. The Labute approximate surface area is 86.3 Å². The second kappa shape index (κ2) is 11.9. The Morgan fingerprint density at radius 1 is 0.667 bits per heavy atom. The van der Waals surface area contributed by atoms with Crippen molar-refractivity contribution in [3.8, 4) is 0 Å². The van der Waals surface area contributed by atoms with Crippen molar-refractivity contribution in [1.29, 1.82) is 0 Å². The summed E-state index contributed by atoms with van der Waals surface area (Å²) in [6.07, 6.45) is 3.83. The zero-order valence-corrected chi connectivity index (χ0v) is 5.14. The average Bonchev–Trinajstić information content (AvgIpc) is 1.81. The van der Waals surface area contributed by atoms with Crippen molar-refractivity contribution in [2.24, 2.45) is 0 Å². The Kier molecular flexibility index (Phi) is 17.0. The second-order valence-electron chi connectivity index (χ2n) is 1.86. The van der Waals surface area contributed by atoms with Crippen LogP contribution in [-0.4, -0.2) is 61.2 Å². The van der Waals surface area contributed by atoms with Gasteiger partial charge in [-0.05, 0) is 12.8 Å². The van der Waals surface area contributed by atoms with Crippen LogP contribution < -0.4 is 0 Å². The van der Waals surface area contributed by atoms with Crippen LogP contribution in [0.1, 0.15) is 25.7 Å². The molecule has 0 aromatic heterocycles. The minimum atomic E-state index is 0. The molecule has 0 saturated carbocycles. The zero-order chi connectivity index (χ0) is 6.24. The van der Waals surface area contributed by atoms with Gasteiger partial charge in [0, 0.05) is 13.2 Å². The number of hydrogen-bond acceptors (Lipinski definition) is 2. The first-order valence-electron chi connectivity index (χ1n) is 3.13. The number of aliphatic hydroxyl groups is 2. The Morgan fingerprint density at radius 2 is 1.00 bits per heavy atom. The molecule has 0 aromatic rings. The third-order valence-corrected chi connectivity index (χ3v) is 1.07. The van der Waals surface area contributed by atoms with Crippen LogP contribution >= 0.6 is 0 Å². The molecule has 0 rings (SSSR count). The van der Waals surface area contributed by atoms with E-state index in [0.29, 0.717) is 0 Å². The summed E-state index contributed by atoms with van der Waals surface area (Å²) in [5.74, 6) is 0. The summed E-state index contributed by atoms with van der Waals surface area (Å²) >= 11 is 0. The van der Waals surface area contributed by atoms with Gasteiger partial charge in [0.15, 0.2) is 0 Å². The minimum absolute atomic E-state index is 0. The molecule has 0 aliphatic heterocycles. The van der Waals surface area contributed by atoms with Crippen LogP contribution in [0.3, 0.4) is 0 Å². The van der Waals surface area contributed by atoms with Gasteiger partial charge < -0.3 is 10.2 Å². The van der Waals surface area contributed by atoms with E-state index in [1.54, 1.807) is 0 Å². The zero-order valence-electron chi connectivity index (χ0n) is 5.14. The molecule has 9 heavy (non-hydrogen) atoms. The quantitative estimate of drug-likeness (QED) is 0.425. The molecular weight excluding hydrogens is 144 g/mol. The Hall–Kier alpha value is 1.18. The van der Waals surface area contributed by atoms with Crippen molar-refractivity contribution in [1.82, 2.24) is 0 Å². The van der Waals surface area contributed by atoms with E-state index < -0.39 is 0 Å². The van der Waals surface area contributed by atoms with E-state index in [9.17, 15) is 0 Å². The average molecular weight is 160 g/mol. The molecule has 0 spiro atoms. The van der Waals surface area contributed by atoms with E-state index >= 15 is 0 Å². The maximum atomic E-state index is 8.30. The molecule has 0 aliphatic rings. The molecule has 2 N–H and O–H groups in total. The van der Waals surface area contributed by atoms with Gasteiger partial charge in [0.25, 0.3) is 0 Å². The topological polar surface area (TPSA) is 40.5 Å². The van der Waals surface area contributed by atoms with Crippen LogP contribution in [0.2, 0.25) is 0 Å². The molecule has 54 valence electrons. The molecule has 2 nitrogen and oxygen atoms in total. The normalized spacial score (nSPS) is 8.67. The number of hydrogen-bond donors (Lipinski definition) is 2. The summed E-state index contributed by atoms with van der Waals surface area (Å²) < 4.78 is 0. The van der Waals surface area contributed by atoms with Crippen molar-refractivity contribution in [2.45, 2.75) is 25.7 Å². The van der Waals surface area contributed by atoms with Crippen LogP contribution in [0.15, 0.2) is 0 Å². The summed E-state index contributed by atoms with van der Waals surface area (Å²) in [5.41, 5.74) is 0. The summed E-state index contributed by atoms with van der Waals surface area (Å²) in [6, 6.07) is 0. The van der Waals surface area contributed by atoms with E-state index in [1.165, 1.54) is 0 Å². The van der Waals surface area contributed by atoms with Gasteiger partial charge >= 0.3 is 37.7 Å².